The zero-order valence-electron chi connectivity index (χ0n) is 20.4. The van der Waals surface area contributed by atoms with Crippen LogP contribution in [-0.4, -0.2) is 27.4 Å². The fourth-order valence-corrected chi connectivity index (χ4v) is 5.04. The van der Waals surface area contributed by atoms with E-state index >= 15 is 0 Å². The van der Waals surface area contributed by atoms with Crippen LogP contribution < -0.4 is 16.0 Å². The quantitative estimate of drug-likeness (QED) is 0.466. The molecule has 4 aromatic rings. The van der Waals surface area contributed by atoms with Crippen LogP contribution in [0.1, 0.15) is 36.8 Å². The molecule has 2 aromatic heterocycles. The first-order valence-electron chi connectivity index (χ1n) is 11.3. The Hall–Kier alpha value is -3.58. The molecule has 1 aliphatic heterocycles. The summed E-state index contributed by atoms with van der Waals surface area (Å²) in [6.45, 7) is 6.67. The number of nitrogens with zero attached hydrogens (tertiary/aromatic N) is 3. The van der Waals surface area contributed by atoms with Gasteiger partial charge < -0.3 is 14.0 Å². The molecule has 0 aliphatic carbocycles. The molecule has 0 N–H and O–H groups in total. The van der Waals surface area contributed by atoms with Gasteiger partial charge in [-0.2, -0.15) is 0 Å². The Bertz CT molecular complexity index is 1540. The first-order valence-corrected chi connectivity index (χ1v) is 11.3. The maximum atomic E-state index is 13.6. The van der Waals surface area contributed by atoms with E-state index in [0.29, 0.717) is 17.5 Å². The summed E-state index contributed by atoms with van der Waals surface area (Å²) in [5, 5.41) is 0.523. The van der Waals surface area contributed by atoms with Crippen LogP contribution >= 0.6 is 0 Å². The van der Waals surface area contributed by atoms with Gasteiger partial charge in [-0.3, -0.25) is 13.9 Å². The largest absolute Gasteiger partial charge is 0.497 e. The summed E-state index contributed by atoms with van der Waals surface area (Å²) < 4.78 is 16.9. The third-order valence-corrected chi connectivity index (χ3v) is 6.79. The maximum Gasteiger partial charge on any atom is 0.331 e. The van der Waals surface area contributed by atoms with Crippen molar-refractivity contribution in [1.29, 1.82) is 0 Å². The highest BCUT2D eigenvalue weighted by Gasteiger charge is 2.40. The van der Waals surface area contributed by atoms with Crippen LogP contribution in [0.3, 0.4) is 0 Å². The molecule has 0 unspecified atom stereocenters. The minimum atomic E-state index is -0.470. The summed E-state index contributed by atoms with van der Waals surface area (Å²) >= 11 is 0. The lowest BCUT2D eigenvalue weighted by Crippen LogP contribution is -2.40. The minimum absolute atomic E-state index is 0.309. The third-order valence-electron chi connectivity index (χ3n) is 6.79. The predicted octanol–water partition coefficient (Wildman–Crippen LogP) is 3.88. The van der Waals surface area contributed by atoms with Crippen LogP contribution in [0, 0.1) is 6.92 Å². The molecule has 0 amide bonds. The van der Waals surface area contributed by atoms with E-state index in [1.165, 1.54) is 11.6 Å². The van der Waals surface area contributed by atoms with Gasteiger partial charge in [-0.05, 0) is 44.0 Å². The summed E-state index contributed by atoms with van der Waals surface area (Å²) in [7, 11) is 4.87. The van der Waals surface area contributed by atoms with Crippen LogP contribution in [-0.2, 0) is 24.4 Å². The van der Waals surface area contributed by atoms with Crippen molar-refractivity contribution in [3.8, 4) is 17.0 Å². The van der Waals surface area contributed by atoms with E-state index in [-0.39, 0.29) is 11.2 Å². The van der Waals surface area contributed by atoms with Gasteiger partial charge in [0, 0.05) is 14.1 Å². The molecule has 0 saturated heterocycles. The van der Waals surface area contributed by atoms with Crippen LogP contribution in [0.4, 0.5) is 0 Å². The summed E-state index contributed by atoms with van der Waals surface area (Å²) in [4.78, 5) is 26.7. The molecule has 7 heteroatoms. The number of hydrogen-bond acceptors (Lipinski definition) is 4. The monoisotopic (exact) mass is 459 g/mol. The van der Waals surface area contributed by atoms with Gasteiger partial charge in [-0.25, -0.2) is 4.79 Å². The zero-order chi connectivity index (χ0) is 24.4. The van der Waals surface area contributed by atoms with Crippen molar-refractivity contribution in [2.45, 2.75) is 32.4 Å². The molecule has 1 aliphatic rings. The fourth-order valence-electron chi connectivity index (χ4n) is 5.04. The Morgan fingerprint density at radius 2 is 1.74 bits per heavy atom. The Morgan fingerprint density at radius 1 is 1.03 bits per heavy atom. The summed E-state index contributed by atoms with van der Waals surface area (Å²) in [6, 6.07) is 15.9. The molecule has 0 bridgehead atoms. The van der Waals surface area contributed by atoms with E-state index < -0.39 is 11.6 Å². The summed E-state index contributed by atoms with van der Waals surface area (Å²) in [6.07, 6.45) is -0.470. The van der Waals surface area contributed by atoms with E-state index in [1.54, 1.807) is 18.7 Å². The van der Waals surface area contributed by atoms with Gasteiger partial charge in [-0.15, -0.1) is 0 Å². The molecule has 0 fully saturated rings. The predicted molar refractivity (Wildman–Crippen MR) is 133 cm³/mol. The van der Waals surface area contributed by atoms with Crippen molar-refractivity contribution in [2.24, 2.45) is 14.1 Å². The first kappa shape index (κ1) is 22.2. The van der Waals surface area contributed by atoms with Crippen LogP contribution in [0.5, 0.6) is 5.75 Å². The van der Waals surface area contributed by atoms with Gasteiger partial charge in [0.2, 0.25) is 0 Å². The first-order chi connectivity index (χ1) is 16.2. The molecule has 1 atom stereocenters. The molecule has 5 rings (SSSR count). The second-order valence-corrected chi connectivity index (χ2v) is 9.64. The number of fused-ring (bicyclic) bond motifs is 3. The lowest BCUT2D eigenvalue weighted by Gasteiger charge is -2.39. The standard InChI is InChI=1S/C27H29N3O4/c1-16-10-12-17(13-11-16)21-20-22(28(4)26(32)29(5)25(20)31)23-24(34-15-27(2,3)30(21)23)18-8-7-9-19(14-18)33-6/h7-14,24H,15H2,1-6H3/t24-/m0/s1. The number of ether oxygens (including phenoxy) is 2. The lowest BCUT2D eigenvalue weighted by atomic mass is 9.98. The Balaban J connectivity index is 1.99. The molecule has 2 aromatic carbocycles. The van der Waals surface area contributed by atoms with Crippen LogP contribution in [0.25, 0.3) is 22.2 Å². The molecule has 176 valence electrons. The highest BCUT2D eigenvalue weighted by molar-refractivity contribution is 5.96. The molecule has 0 saturated carbocycles. The molecule has 0 radical (unpaired) electrons. The average molecular weight is 460 g/mol. The fraction of sp³-hybridized carbons (Fsp3) is 0.333. The van der Waals surface area contributed by atoms with Crippen LogP contribution in [0.15, 0.2) is 58.1 Å². The van der Waals surface area contributed by atoms with Gasteiger partial charge in [0.05, 0.1) is 41.5 Å². The average Bonchev–Trinajstić information content (AvgIpc) is 3.19. The molecular weight excluding hydrogens is 430 g/mol. The van der Waals surface area contributed by atoms with Crippen molar-refractivity contribution in [2.75, 3.05) is 13.7 Å². The second-order valence-electron chi connectivity index (χ2n) is 9.64. The Morgan fingerprint density at radius 3 is 2.41 bits per heavy atom. The third kappa shape index (κ3) is 3.15. The molecule has 34 heavy (non-hydrogen) atoms. The van der Waals surface area contributed by atoms with Crippen LogP contribution in [0.2, 0.25) is 0 Å². The SMILES string of the molecule is COc1cccc([C@@H]2OCC(C)(C)n3c(-c4ccc(C)cc4)c4c(=O)n(C)c(=O)n(C)c4c32)c1. The number of aryl methyl sites for hydroxylation is 2. The minimum Gasteiger partial charge on any atom is -0.497 e. The van der Waals surface area contributed by atoms with Gasteiger partial charge in [0.15, 0.2) is 0 Å². The van der Waals surface area contributed by atoms with E-state index in [0.717, 1.165) is 33.8 Å². The van der Waals surface area contributed by atoms with Gasteiger partial charge in [0.25, 0.3) is 5.56 Å². The number of methoxy groups -OCH3 is 1. The molecule has 7 nitrogen and oxygen atoms in total. The highest BCUT2D eigenvalue weighted by Crippen LogP contribution is 2.45. The van der Waals surface area contributed by atoms with Crippen molar-refractivity contribution in [1.82, 2.24) is 13.7 Å². The number of aromatic nitrogens is 3. The number of benzene rings is 2. The Labute approximate surface area is 197 Å². The van der Waals surface area contributed by atoms with E-state index in [9.17, 15) is 9.59 Å². The zero-order valence-corrected chi connectivity index (χ0v) is 20.4. The highest BCUT2D eigenvalue weighted by atomic mass is 16.5. The smallest absolute Gasteiger partial charge is 0.331 e. The van der Waals surface area contributed by atoms with Crippen molar-refractivity contribution < 1.29 is 9.47 Å². The topological polar surface area (TPSA) is 67.4 Å². The summed E-state index contributed by atoms with van der Waals surface area (Å²) in [5.74, 6) is 0.719. The normalized spacial score (nSPS) is 17.1. The van der Waals surface area contributed by atoms with E-state index in [4.69, 9.17) is 9.47 Å². The van der Waals surface area contributed by atoms with Gasteiger partial charge >= 0.3 is 5.69 Å². The van der Waals surface area contributed by atoms with Crippen molar-refractivity contribution in [3.05, 3.63) is 86.2 Å². The van der Waals surface area contributed by atoms with Crippen molar-refractivity contribution in [3.63, 3.8) is 0 Å². The van der Waals surface area contributed by atoms with Gasteiger partial charge in [0.1, 0.15) is 11.9 Å². The van der Waals surface area contributed by atoms with Gasteiger partial charge in [-0.1, -0.05) is 42.0 Å². The number of rotatable bonds is 3. The maximum absolute atomic E-state index is 13.6. The molecule has 0 spiro atoms. The number of hydrogen-bond donors (Lipinski definition) is 0. The Kier molecular flexibility index (Phi) is 5.06. The second kappa shape index (κ2) is 7.74. The molecular formula is C27H29N3O4. The lowest BCUT2D eigenvalue weighted by molar-refractivity contribution is -0.00714. The van der Waals surface area contributed by atoms with E-state index in [2.05, 4.69) is 18.4 Å². The summed E-state index contributed by atoms with van der Waals surface area (Å²) in [5.41, 5.74) is 4.04. The van der Waals surface area contributed by atoms with E-state index in [1.807, 2.05) is 55.5 Å². The molecule has 3 heterocycles. The van der Waals surface area contributed by atoms with Crippen molar-refractivity contribution >= 4 is 10.9 Å².